The van der Waals surface area contributed by atoms with Gasteiger partial charge >= 0.3 is 0 Å². The van der Waals surface area contributed by atoms with Crippen LogP contribution in [0, 0.1) is 0 Å². The summed E-state index contributed by atoms with van der Waals surface area (Å²) < 4.78 is 0. The van der Waals surface area contributed by atoms with Crippen LogP contribution >= 0.6 is 0 Å². The average molecular weight is 203 g/mol. The second kappa shape index (κ2) is 4.26. The lowest BCUT2D eigenvalue weighted by Crippen LogP contribution is -2.12. The van der Waals surface area contributed by atoms with Crippen molar-refractivity contribution in [2.45, 2.75) is 25.7 Å². The van der Waals surface area contributed by atoms with Crippen LogP contribution in [0.2, 0.25) is 0 Å². The smallest absolute Gasteiger partial charge is 0.224 e. The number of nitrogens with one attached hydrogen (secondary N) is 1. The Morgan fingerprint density at radius 2 is 1.67 bits per heavy atom. The molecule has 0 saturated carbocycles. The zero-order valence-corrected chi connectivity index (χ0v) is 8.45. The van der Waals surface area contributed by atoms with Crippen LogP contribution in [0.1, 0.15) is 24.8 Å². The van der Waals surface area contributed by atoms with Crippen molar-refractivity contribution in [1.82, 2.24) is 0 Å². The molecule has 1 aromatic carbocycles. The highest BCUT2D eigenvalue weighted by molar-refractivity contribution is 5.95. The first-order valence-electron chi connectivity index (χ1n) is 5.15. The SMILES string of the molecule is O=C1CCC(=O)Nc2ccccc2CC1. The van der Waals surface area contributed by atoms with Crippen LogP contribution in [-0.4, -0.2) is 11.7 Å². The summed E-state index contributed by atoms with van der Waals surface area (Å²) in [5, 5.41) is 2.83. The summed E-state index contributed by atoms with van der Waals surface area (Å²) >= 11 is 0. The highest BCUT2D eigenvalue weighted by Crippen LogP contribution is 2.19. The second-order valence-corrected chi connectivity index (χ2v) is 3.74. The lowest BCUT2D eigenvalue weighted by molar-refractivity contribution is -0.122. The molecule has 0 atom stereocenters. The number of carbonyl (C=O) groups excluding carboxylic acids is 2. The van der Waals surface area contributed by atoms with Gasteiger partial charge < -0.3 is 5.32 Å². The highest BCUT2D eigenvalue weighted by Gasteiger charge is 2.13. The quantitative estimate of drug-likeness (QED) is 0.700. The van der Waals surface area contributed by atoms with Gasteiger partial charge in [-0.2, -0.15) is 0 Å². The number of para-hydroxylation sites is 1. The predicted octanol–water partition coefficient (Wildman–Crippen LogP) is 1.92. The van der Waals surface area contributed by atoms with Gasteiger partial charge in [-0.15, -0.1) is 0 Å². The molecule has 1 aliphatic rings. The molecule has 2 rings (SSSR count). The van der Waals surface area contributed by atoms with E-state index >= 15 is 0 Å². The largest absolute Gasteiger partial charge is 0.326 e. The van der Waals surface area contributed by atoms with Gasteiger partial charge in [-0.05, 0) is 18.1 Å². The van der Waals surface area contributed by atoms with Gasteiger partial charge in [-0.3, -0.25) is 9.59 Å². The molecule has 1 heterocycles. The van der Waals surface area contributed by atoms with Crippen LogP contribution in [0.25, 0.3) is 0 Å². The number of hydrogen-bond donors (Lipinski definition) is 1. The average Bonchev–Trinajstić information content (AvgIpc) is 2.30. The van der Waals surface area contributed by atoms with E-state index in [1.807, 2.05) is 24.3 Å². The van der Waals surface area contributed by atoms with Gasteiger partial charge in [0.25, 0.3) is 0 Å². The monoisotopic (exact) mass is 203 g/mol. The van der Waals surface area contributed by atoms with Gasteiger partial charge in [0.15, 0.2) is 0 Å². The van der Waals surface area contributed by atoms with E-state index in [-0.39, 0.29) is 11.7 Å². The van der Waals surface area contributed by atoms with Crippen LogP contribution < -0.4 is 5.32 Å². The Kier molecular flexibility index (Phi) is 2.81. The molecule has 1 N–H and O–H groups in total. The fraction of sp³-hybridized carbons (Fsp3) is 0.333. The molecule has 0 spiro atoms. The minimum Gasteiger partial charge on any atom is -0.326 e. The van der Waals surface area contributed by atoms with E-state index in [0.29, 0.717) is 19.3 Å². The summed E-state index contributed by atoms with van der Waals surface area (Å²) in [6, 6.07) is 7.64. The molecule has 0 unspecified atom stereocenters. The second-order valence-electron chi connectivity index (χ2n) is 3.74. The first kappa shape index (κ1) is 9.90. The van der Waals surface area contributed by atoms with Crippen molar-refractivity contribution in [3.8, 4) is 0 Å². The lowest BCUT2D eigenvalue weighted by atomic mass is 10.0. The molecule has 1 aliphatic heterocycles. The van der Waals surface area contributed by atoms with Gasteiger partial charge in [0, 0.05) is 24.9 Å². The molecule has 0 bridgehead atoms. The number of rotatable bonds is 0. The van der Waals surface area contributed by atoms with Crippen molar-refractivity contribution >= 4 is 17.4 Å². The van der Waals surface area contributed by atoms with E-state index in [2.05, 4.69) is 5.32 Å². The minimum absolute atomic E-state index is 0.0716. The predicted molar refractivity (Wildman–Crippen MR) is 57.6 cm³/mol. The van der Waals surface area contributed by atoms with Crippen molar-refractivity contribution < 1.29 is 9.59 Å². The molecule has 0 aromatic heterocycles. The van der Waals surface area contributed by atoms with Gasteiger partial charge in [0.2, 0.25) is 5.91 Å². The molecular formula is C12H13NO2. The van der Waals surface area contributed by atoms with Crippen LogP contribution in [0.15, 0.2) is 24.3 Å². The Morgan fingerprint density at radius 3 is 2.53 bits per heavy atom. The van der Waals surface area contributed by atoms with Crippen LogP contribution in [0.4, 0.5) is 5.69 Å². The van der Waals surface area contributed by atoms with Gasteiger partial charge in [-0.25, -0.2) is 0 Å². The zero-order valence-electron chi connectivity index (χ0n) is 8.45. The summed E-state index contributed by atoms with van der Waals surface area (Å²) in [5.74, 6) is 0.0968. The number of ketones is 1. The van der Waals surface area contributed by atoms with Crippen molar-refractivity contribution in [3.63, 3.8) is 0 Å². The van der Waals surface area contributed by atoms with E-state index in [0.717, 1.165) is 17.7 Å². The number of anilines is 1. The highest BCUT2D eigenvalue weighted by atomic mass is 16.2. The summed E-state index contributed by atoms with van der Waals surface area (Å²) in [4.78, 5) is 22.8. The van der Waals surface area contributed by atoms with E-state index in [1.165, 1.54) is 0 Å². The number of aryl methyl sites for hydroxylation is 1. The number of Topliss-reactive ketones (excluding diaryl/α,β-unsaturated/α-hetero) is 1. The van der Waals surface area contributed by atoms with Gasteiger partial charge in [-0.1, -0.05) is 18.2 Å². The Hall–Kier alpha value is -1.64. The maximum Gasteiger partial charge on any atom is 0.224 e. The Labute approximate surface area is 88.5 Å². The Bertz CT molecular complexity index is 398. The summed E-state index contributed by atoms with van der Waals surface area (Å²) in [5.41, 5.74) is 1.89. The van der Waals surface area contributed by atoms with Crippen LogP contribution in [0.5, 0.6) is 0 Å². The summed E-state index contributed by atoms with van der Waals surface area (Å²) in [6.45, 7) is 0. The van der Waals surface area contributed by atoms with E-state index < -0.39 is 0 Å². The first-order chi connectivity index (χ1) is 7.25. The molecule has 1 amide bonds. The number of benzene rings is 1. The molecule has 0 aliphatic carbocycles. The molecule has 0 radical (unpaired) electrons. The van der Waals surface area contributed by atoms with Crippen molar-refractivity contribution in [1.29, 1.82) is 0 Å². The number of carbonyl (C=O) groups is 2. The minimum atomic E-state index is -0.0716. The molecule has 0 saturated heterocycles. The van der Waals surface area contributed by atoms with Crippen molar-refractivity contribution in [3.05, 3.63) is 29.8 Å². The molecule has 3 heteroatoms. The Balaban J connectivity index is 2.29. The van der Waals surface area contributed by atoms with E-state index in [9.17, 15) is 9.59 Å². The molecule has 3 nitrogen and oxygen atoms in total. The third-order valence-corrected chi connectivity index (χ3v) is 2.60. The Morgan fingerprint density at radius 1 is 0.933 bits per heavy atom. The third-order valence-electron chi connectivity index (χ3n) is 2.60. The first-order valence-corrected chi connectivity index (χ1v) is 5.15. The number of amides is 1. The molecular weight excluding hydrogens is 190 g/mol. The maximum absolute atomic E-state index is 11.4. The topological polar surface area (TPSA) is 46.2 Å². The molecule has 0 fully saturated rings. The third kappa shape index (κ3) is 2.43. The standard InChI is InChI=1S/C12H13NO2/c14-10-6-5-9-3-1-2-4-11(9)13-12(15)8-7-10/h1-4H,5-8H2,(H,13,15). The lowest BCUT2D eigenvalue weighted by Gasteiger charge is -2.07. The molecule has 78 valence electrons. The number of fused-ring (bicyclic) bond motifs is 1. The van der Waals surface area contributed by atoms with Crippen molar-refractivity contribution in [2.75, 3.05) is 5.32 Å². The van der Waals surface area contributed by atoms with Gasteiger partial charge in [0.05, 0.1) is 0 Å². The van der Waals surface area contributed by atoms with E-state index in [4.69, 9.17) is 0 Å². The van der Waals surface area contributed by atoms with Crippen LogP contribution in [-0.2, 0) is 16.0 Å². The van der Waals surface area contributed by atoms with Crippen molar-refractivity contribution in [2.24, 2.45) is 0 Å². The summed E-state index contributed by atoms with van der Waals surface area (Å²) in [7, 11) is 0. The fourth-order valence-corrected chi connectivity index (χ4v) is 1.72. The van der Waals surface area contributed by atoms with Crippen LogP contribution in [0.3, 0.4) is 0 Å². The maximum atomic E-state index is 11.4. The van der Waals surface area contributed by atoms with Gasteiger partial charge in [0.1, 0.15) is 5.78 Å². The number of hydrogen-bond acceptors (Lipinski definition) is 2. The fourth-order valence-electron chi connectivity index (χ4n) is 1.72. The van der Waals surface area contributed by atoms with E-state index in [1.54, 1.807) is 0 Å². The molecule has 15 heavy (non-hydrogen) atoms. The normalized spacial score (nSPS) is 17.1. The molecule has 1 aromatic rings. The zero-order chi connectivity index (χ0) is 10.7. The summed E-state index contributed by atoms with van der Waals surface area (Å²) in [6.07, 6.45) is 1.91.